The van der Waals surface area contributed by atoms with Gasteiger partial charge in [-0.15, -0.1) is 0 Å². The molecule has 2 aliphatic rings. The number of aliphatic hydroxyl groups is 4. The highest BCUT2D eigenvalue weighted by molar-refractivity contribution is 5.73. The van der Waals surface area contributed by atoms with Crippen LogP contribution < -0.4 is 5.73 Å². The number of esters is 1. The molecule has 12 heteroatoms. The normalized spacial score (nSPS) is 50.1. The first-order valence-corrected chi connectivity index (χ1v) is 13.4. The Morgan fingerprint density at radius 3 is 2.24 bits per heavy atom. The van der Waals surface area contributed by atoms with E-state index in [1.807, 2.05) is 6.92 Å². The van der Waals surface area contributed by atoms with Crippen LogP contribution >= 0.6 is 0 Å². The van der Waals surface area contributed by atoms with Gasteiger partial charge < -0.3 is 45.1 Å². The molecule has 0 saturated carbocycles. The van der Waals surface area contributed by atoms with Gasteiger partial charge in [-0.3, -0.25) is 4.79 Å². The molecule has 0 amide bonds. The summed E-state index contributed by atoms with van der Waals surface area (Å²) in [7, 11) is 1.46. The molecular weight excluding hydrogens is 500 g/mol. The first kappa shape index (κ1) is 33.0. The van der Waals surface area contributed by atoms with Crippen LogP contribution in [-0.2, 0) is 23.7 Å². The lowest BCUT2D eigenvalue weighted by Crippen LogP contribution is -2.58. The predicted molar refractivity (Wildman–Crippen MR) is 138 cm³/mol. The second-order valence-corrected chi connectivity index (χ2v) is 11.8. The van der Waals surface area contributed by atoms with Gasteiger partial charge in [-0.1, -0.05) is 19.0 Å². The van der Waals surface area contributed by atoms with Crippen LogP contribution in [0.4, 0.5) is 0 Å². The van der Waals surface area contributed by atoms with E-state index in [9.17, 15) is 30.1 Å². The number of methoxy groups -OCH3 is 1. The van der Waals surface area contributed by atoms with Crippen LogP contribution in [0.3, 0.4) is 0 Å². The average Bonchev–Trinajstić information content (AvgIpc) is 2.84. The minimum Gasteiger partial charge on any atom is -0.459 e. The second-order valence-electron chi connectivity index (χ2n) is 11.8. The lowest BCUT2D eigenvalue weighted by molar-refractivity contribution is -0.286. The SMILES string of the molecule is COC1(C)CC(C)C(N=O)C(C)C(O)C(C)(O)C(C)OC(=O)C(C)C(O)CC1OC1OC(C)CC(N)C1O. The molecule has 2 fully saturated rings. The summed E-state index contributed by atoms with van der Waals surface area (Å²) in [6.07, 6.45) is -6.84. The van der Waals surface area contributed by atoms with Crippen molar-refractivity contribution in [3.05, 3.63) is 4.91 Å². The number of nitrogens with zero attached hydrogens (tertiary/aromatic N) is 1. The molecule has 0 aromatic carbocycles. The number of nitroso groups, excluding NO2 is 1. The largest absolute Gasteiger partial charge is 0.459 e. The molecule has 2 heterocycles. The van der Waals surface area contributed by atoms with Crippen molar-refractivity contribution in [3.63, 3.8) is 0 Å². The van der Waals surface area contributed by atoms with Gasteiger partial charge in [-0.25, -0.2) is 0 Å². The van der Waals surface area contributed by atoms with Crippen molar-refractivity contribution in [1.82, 2.24) is 0 Å². The zero-order chi connectivity index (χ0) is 29.2. The van der Waals surface area contributed by atoms with Gasteiger partial charge in [0.2, 0.25) is 0 Å². The standard InChI is InChI=1S/C26H48N2O10/c1-12-11-25(6,35-8)19(38-24-21(30)17(27)9-13(2)36-24)10-18(29)14(3)23(32)37-16(5)26(7,33)22(31)15(4)20(12)28-34/h12-22,24,29-31,33H,9-11,27H2,1-8H3. The number of aliphatic hydroxyl groups excluding tert-OH is 3. The van der Waals surface area contributed by atoms with Gasteiger partial charge in [0.25, 0.3) is 0 Å². The Hall–Kier alpha value is -1.25. The maximum atomic E-state index is 12.9. The second kappa shape index (κ2) is 12.9. The Morgan fingerprint density at radius 2 is 1.68 bits per heavy atom. The summed E-state index contributed by atoms with van der Waals surface area (Å²) in [5.74, 6) is -3.11. The fourth-order valence-electron chi connectivity index (χ4n) is 5.58. The lowest BCUT2D eigenvalue weighted by Gasteiger charge is -2.45. The van der Waals surface area contributed by atoms with Crippen LogP contribution in [-0.4, -0.2) is 99.7 Å². The summed E-state index contributed by atoms with van der Waals surface area (Å²) < 4.78 is 23.4. The smallest absolute Gasteiger partial charge is 0.311 e. The van der Waals surface area contributed by atoms with Gasteiger partial charge in [0.15, 0.2) is 6.29 Å². The maximum Gasteiger partial charge on any atom is 0.311 e. The van der Waals surface area contributed by atoms with E-state index in [1.165, 1.54) is 27.9 Å². The van der Waals surface area contributed by atoms with Crippen molar-refractivity contribution in [1.29, 1.82) is 0 Å². The Labute approximate surface area is 225 Å². The van der Waals surface area contributed by atoms with Crippen LogP contribution in [0.1, 0.15) is 67.7 Å². The number of ether oxygens (including phenoxy) is 4. The molecule has 14 unspecified atom stereocenters. The third-order valence-corrected chi connectivity index (χ3v) is 8.72. The molecule has 6 N–H and O–H groups in total. The van der Waals surface area contributed by atoms with E-state index < -0.39 is 83.8 Å². The molecule has 0 aromatic rings. The third-order valence-electron chi connectivity index (χ3n) is 8.72. The van der Waals surface area contributed by atoms with E-state index in [4.69, 9.17) is 24.7 Å². The summed E-state index contributed by atoms with van der Waals surface area (Å²) >= 11 is 0. The van der Waals surface area contributed by atoms with E-state index in [2.05, 4.69) is 5.18 Å². The van der Waals surface area contributed by atoms with Gasteiger partial charge in [0.05, 0.1) is 42.0 Å². The van der Waals surface area contributed by atoms with E-state index in [0.29, 0.717) is 6.42 Å². The Balaban J connectivity index is 2.53. The number of cyclic esters (lactones) is 1. The van der Waals surface area contributed by atoms with Crippen LogP contribution in [0, 0.1) is 22.7 Å². The van der Waals surface area contributed by atoms with E-state index in [-0.39, 0.29) is 18.9 Å². The van der Waals surface area contributed by atoms with Gasteiger partial charge >= 0.3 is 5.97 Å². The highest BCUT2D eigenvalue weighted by Gasteiger charge is 2.49. The van der Waals surface area contributed by atoms with Crippen molar-refractivity contribution in [3.8, 4) is 0 Å². The molecule has 14 atom stereocenters. The predicted octanol–water partition coefficient (Wildman–Crippen LogP) is 0.841. The number of hydrogen-bond donors (Lipinski definition) is 5. The summed E-state index contributed by atoms with van der Waals surface area (Å²) in [6.45, 7) is 11.2. The van der Waals surface area contributed by atoms with Crippen molar-refractivity contribution < 1.29 is 44.2 Å². The summed E-state index contributed by atoms with van der Waals surface area (Å²) in [5.41, 5.74) is 3.02. The minimum absolute atomic E-state index is 0.105. The van der Waals surface area contributed by atoms with Crippen LogP contribution in [0.15, 0.2) is 5.18 Å². The lowest BCUT2D eigenvalue weighted by atomic mass is 9.74. The molecule has 0 aromatic heterocycles. The first-order chi connectivity index (χ1) is 17.5. The first-order valence-electron chi connectivity index (χ1n) is 13.4. The summed E-state index contributed by atoms with van der Waals surface area (Å²) in [6, 6.07) is -1.54. The quantitative estimate of drug-likeness (QED) is 0.247. The highest BCUT2D eigenvalue weighted by atomic mass is 16.7. The molecule has 0 bridgehead atoms. The summed E-state index contributed by atoms with van der Waals surface area (Å²) in [5, 5.41) is 47.2. The van der Waals surface area contributed by atoms with Crippen molar-refractivity contribution in [2.75, 3.05) is 7.11 Å². The van der Waals surface area contributed by atoms with E-state index >= 15 is 0 Å². The molecule has 38 heavy (non-hydrogen) atoms. The third kappa shape index (κ3) is 7.08. The van der Waals surface area contributed by atoms with Crippen molar-refractivity contribution in [2.24, 2.45) is 28.7 Å². The van der Waals surface area contributed by atoms with Crippen LogP contribution in [0.5, 0.6) is 0 Å². The monoisotopic (exact) mass is 548 g/mol. The summed E-state index contributed by atoms with van der Waals surface area (Å²) in [4.78, 5) is 24.9. The van der Waals surface area contributed by atoms with E-state index in [1.54, 1.807) is 20.8 Å². The number of carbonyl (C=O) groups excluding carboxylic acids is 1. The van der Waals surface area contributed by atoms with Crippen molar-refractivity contribution >= 4 is 5.97 Å². The molecule has 2 saturated heterocycles. The number of hydrogen-bond acceptors (Lipinski definition) is 12. The van der Waals surface area contributed by atoms with Crippen LogP contribution in [0.25, 0.3) is 0 Å². The molecule has 0 radical (unpaired) electrons. The molecule has 12 nitrogen and oxygen atoms in total. The van der Waals surface area contributed by atoms with Gasteiger partial charge in [0, 0.05) is 25.5 Å². The average molecular weight is 549 g/mol. The zero-order valence-corrected chi connectivity index (χ0v) is 23.8. The molecule has 0 spiro atoms. The molecule has 222 valence electrons. The Kier molecular flexibility index (Phi) is 11.2. The number of rotatable bonds is 4. The van der Waals surface area contributed by atoms with Gasteiger partial charge in [-0.05, 0) is 53.4 Å². The molecule has 0 aliphatic carbocycles. The fraction of sp³-hybridized carbons (Fsp3) is 0.962. The number of carbonyl (C=O) groups is 1. The Morgan fingerprint density at radius 1 is 1.08 bits per heavy atom. The van der Waals surface area contributed by atoms with Crippen LogP contribution in [0.2, 0.25) is 0 Å². The van der Waals surface area contributed by atoms with Crippen molar-refractivity contribution in [2.45, 2.75) is 134 Å². The topological polar surface area (TPSA) is 190 Å². The highest BCUT2D eigenvalue weighted by Crippen LogP contribution is 2.38. The maximum absolute atomic E-state index is 12.9. The minimum atomic E-state index is -1.90. The number of nitrogens with two attached hydrogens (primary N) is 1. The molecular formula is C26H48N2O10. The van der Waals surface area contributed by atoms with E-state index in [0.717, 1.165) is 0 Å². The molecule has 2 aliphatic heterocycles. The van der Waals surface area contributed by atoms with Gasteiger partial charge in [0.1, 0.15) is 17.8 Å². The zero-order valence-electron chi connectivity index (χ0n) is 23.8. The fourth-order valence-corrected chi connectivity index (χ4v) is 5.58. The Bertz CT molecular complexity index is 800. The van der Waals surface area contributed by atoms with Gasteiger partial charge in [-0.2, -0.15) is 4.91 Å². The molecule has 2 rings (SSSR count).